The van der Waals surface area contributed by atoms with Crippen molar-refractivity contribution in [2.24, 2.45) is 5.92 Å². The molecular weight excluding hydrogens is 473 g/mol. The highest BCUT2D eigenvalue weighted by atomic mass is 35.5. The molecule has 32 heavy (non-hydrogen) atoms. The van der Waals surface area contributed by atoms with E-state index in [0.717, 1.165) is 12.8 Å². The van der Waals surface area contributed by atoms with Gasteiger partial charge in [-0.05, 0) is 56.0 Å². The normalized spacial score (nSPS) is 17.7. The summed E-state index contributed by atoms with van der Waals surface area (Å²) in [4.78, 5) is 24.9. The van der Waals surface area contributed by atoms with Gasteiger partial charge in [-0.2, -0.15) is 4.31 Å². The molecule has 1 aliphatic heterocycles. The van der Waals surface area contributed by atoms with E-state index in [-0.39, 0.29) is 51.8 Å². The van der Waals surface area contributed by atoms with Gasteiger partial charge in [0.25, 0.3) is 5.91 Å². The van der Waals surface area contributed by atoms with E-state index in [4.69, 9.17) is 23.2 Å². The Morgan fingerprint density at radius 1 is 0.969 bits per heavy atom. The molecule has 0 spiro atoms. The minimum absolute atomic E-state index is 0.000336. The van der Waals surface area contributed by atoms with E-state index in [1.165, 1.54) is 16.4 Å². The van der Waals surface area contributed by atoms with Crippen LogP contribution >= 0.6 is 23.2 Å². The highest BCUT2D eigenvalue weighted by molar-refractivity contribution is 7.89. The molecule has 2 aromatic carbocycles. The van der Waals surface area contributed by atoms with Crippen LogP contribution in [0.15, 0.2) is 47.4 Å². The molecule has 2 N–H and O–H groups in total. The van der Waals surface area contributed by atoms with Crippen molar-refractivity contribution in [3.05, 3.63) is 58.1 Å². The Balaban J connectivity index is 1.36. The molecule has 4 rings (SSSR count). The van der Waals surface area contributed by atoms with Gasteiger partial charge in [0, 0.05) is 36.3 Å². The average molecular weight is 496 g/mol. The molecule has 2 aromatic rings. The van der Waals surface area contributed by atoms with Crippen LogP contribution in [0.3, 0.4) is 0 Å². The molecule has 170 valence electrons. The summed E-state index contributed by atoms with van der Waals surface area (Å²) in [5.74, 6) is -0.676. The Morgan fingerprint density at radius 3 is 2.34 bits per heavy atom. The maximum atomic E-state index is 13.0. The van der Waals surface area contributed by atoms with E-state index < -0.39 is 10.0 Å². The van der Waals surface area contributed by atoms with E-state index >= 15 is 0 Å². The zero-order chi connectivity index (χ0) is 22.9. The number of amides is 2. The first-order valence-electron chi connectivity index (χ1n) is 10.4. The molecular formula is C22H23Cl2N3O4S. The first-order chi connectivity index (χ1) is 15.3. The molecule has 0 bridgehead atoms. The van der Waals surface area contributed by atoms with Crippen molar-refractivity contribution >= 4 is 50.7 Å². The molecule has 1 saturated carbocycles. The maximum Gasteiger partial charge on any atom is 0.251 e. The van der Waals surface area contributed by atoms with Crippen LogP contribution < -0.4 is 10.6 Å². The van der Waals surface area contributed by atoms with Gasteiger partial charge in [-0.25, -0.2) is 8.42 Å². The van der Waals surface area contributed by atoms with Gasteiger partial charge >= 0.3 is 0 Å². The van der Waals surface area contributed by atoms with Crippen molar-refractivity contribution in [2.45, 2.75) is 36.6 Å². The first-order valence-corrected chi connectivity index (χ1v) is 12.6. The van der Waals surface area contributed by atoms with Gasteiger partial charge in [0.2, 0.25) is 15.9 Å². The zero-order valence-electron chi connectivity index (χ0n) is 17.2. The van der Waals surface area contributed by atoms with Gasteiger partial charge in [-0.3, -0.25) is 9.59 Å². The minimum Gasteiger partial charge on any atom is -0.349 e. The smallest absolute Gasteiger partial charge is 0.251 e. The van der Waals surface area contributed by atoms with E-state index in [1.807, 2.05) is 0 Å². The Bertz CT molecular complexity index is 1140. The highest BCUT2D eigenvalue weighted by Gasteiger charge is 2.33. The number of nitrogens with zero attached hydrogens (tertiary/aromatic N) is 1. The maximum absolute atomic E-state index is 13.0. The standard InChI is InChI=1S/C22H23Cl2N3O4S/c23-18-5-2-6-19(20(18)24)32(30,31)27-11-9-14(10-12-27)21(28)26-17-4-1-3-15(13-17)22(29)25-16-7-8-16/h1-6,13-14,16H,7-12H2,(H,25,29)(H,26,28). The summed E-state index contributed by atoms with van der Waals surface area (Å²) in [5.41, 5.74) is 1.04. The Labute approximate surface area is 197 Å². The van der Waals surface area contributed by atoms with Crippen molar-refractivity contribution in [1.29, 1.82) is 0 Å². The van der Waals surface area contributed by atoms with Crippen LogP contribution in [0.4, 0.5) is 5.69 Å². The van der Waals surface area contributed by atoms with Gasteiger partial charge in [0.15, 0.2) is 0 Å². The Hall–Kier alpha value is -2.13. The second-order valence-corrected chi connectivity index (χ2v) is 10.7. The summed E-state index contributed by atoms with van der Waals surface area (Å²) >= 11 is 12.1. The van der Waals surface area contributed by atoms with Gasteiger partial charge in [0.05, 0.1) is 10.0 Å². The summed E-state index contributed by atoms with van der Waals surface area (Å²) in [6.45, 7) is 0.403. The number of carbonyl (C=O) groups is 2. The first kappa shape index (κ1) is 23.0. The summed E-state index contributed by atoms with van der Waals surface area (Å²) in [5, 5.41) is 5.95. The third-order valence-electron chi connectivity index (χ3n) is 5.66. The van der Waals surface area contributed by atoms with E-state index in [9.17, 15) is 18.0 Å². The third-order valence-corrected chi connectivity index (χ3v) is 8.54. The molecule has 2 fully saturated rings. The molecule has 0 atom stereocenters. The lowest BCUT2D eigenvalue weighted by Crippen LogP contribution is -2.41. The third kappa shape index (κ3) is 5.09. The van der Waals surface area contributed by atoms with Crippen molar-refractivity contribution in [3.8, 4) is 0 Å². The van der Waals surface area contributed by atoms with Crippen LogP contribution in [0.2, 0.25) is 10.0 Å². The topological polar surface area (TPSA) is 95.6 Å². The predicted molar refractivity (Wildman–Crippen MR) is 124 cm³/mol. The van der Waals surface area contributed by atoms with Gasteiger partial charge in [-0.1, -0.05) is 35.3 Å². The number of rotatable bonds is 6. The highest BCUT2D eigenvalue weighted by Crippen LogP contribution is 2.33. The molecule has 0 aromatic heterocycles. The summed E-state index contributed by atoms with van der Waals surface area (Å²) < 4.78 is 27.2. The Kier molecular flexibility index (Phi) is 6.76. The van der Waals surface area contributed by atoms with Crippen LogP contribution in [-0.2, 0) is 14.8 Å². The predicted octanol–water partition coefficient (Wildman–Crippen LogP) is 3.93. The number of piperidine rings is 1. The molecule has 2 amide bonds. The summed E-state index contributed by atoms with van der Waals surface area (Å²) in [7, 11) is -3.80. The number of hydrogen-bond donors (Lipinski definition) is 2. The van der Waals surface area contributed by atoms with Crippen LogP contribution in [0, 0.1) is 5.92 Å². The molecule has 2 aliphatic rings. The fraction of sp³-hybridized carbons (Fsp3) is 0.364. The van der Waals surface area contributed by atoms with Crippen molar-refractivity contribution < 1.29 is 18.0 Å². The number of sulfonamides is 1. The van der Waals surface area contributed by atoms with E-state index in [2.05, 4.69) is 10.6 Å². The monoisotopic (exact) mass is 495 g/mol. The Morgan fingerprint density at radius 2 is 1.66 bits per heavy atom. The summed E-state index contributed by atoms with van der Waals surface area (Å²) in [6, 6.07) is 11.6. The molecule has 7 nitrogen and oxygen atoms in total. The number of hydrogen-bond acceptors (Lipinski definition) is 4. The largest absolute Gasteiger partial charge is 0.349 e. The average Bonchev–Trinajstić information content (AvgIpc) is 3.60. The number of halogens is 2. The molecule has 1 saturated heterocycles. The molecule has 1 heterocycles. The fourth-order valence-corrected chi connectivity index (χ4v) is 5.87. The van der Waals surface area contributed by atoms with Crippen molar-refractivity contribution in [2.75, 3.05) is 18.4 Å². The quantitative estimate of drug-likeness (QED) is 0.634. The number of nitrogens with one attached hydrogen (secondary N) is 2. The van der Waals surface area contributed by atoms with Gasteiger partial charge < -0.3 is 10.6 Å². The number of benzene rings is 2. The molecule has 10 heteroatoms. The zero-order valence-corrected chi connectivity index (χ0v) is 19.5. The fourth-order valence-electron chi connectivity index (χ4n) is 3.66. The number of anilines is 1. The lowest BCUT2D eigenvalue weighted by Gasteiger charge is -2.30. The van der Waals surface area contributed by atoms with Crippen LogP contribution in [0.5, 0.6) is 0 Å². The van der Waals surface area contributed by atoms with E-state index in [0.29, 0.717) is 24.1 Å². The van der Waals surface area contributed by atoms with Gasteiger partial charge in [0.1, 0.15) is 4.90 Å². The van der Waals surface area contributed by atoms with Crippen LogP contribution in [-0.4, -0.2) is 43.7 Å². The second kappa shape index (κ2) is 9.39. The van der Waals surface area contributed by atoms with E-state index in [1.54, 1.807) is 30.3 Å². The lowest BCUT2D eigenvalue weighted by atomic mass is 9.97. The van der Waals surface area contributed by atoms with Crippen LogP contribution in [0.25, 0.3) is 0 Å². The molecule has 0 unspecified atom stereocenters. The van der Waals surface area contributed by atoms with Crippen LogP contribution in [0.1, 0.15) is 36.0 Å². The molecule has 0 radical (unpaired) electrons. The second-order valence-electron chi connectivity index (χ2n) is 8.05. The minimum atomic E-state index is -3.80. The SMILES string of the molecule is O=C(NC1CC1)c1cccc(NC(=O)C2CCN(S(=O)(=O)c3cccc(Cl)c3Cl)CC2)c1. The van der Waals surface area contributed by atoms with Gasteiger partial charge in [-0.15, -0.1) is 0 Å². The molecule has 1 aliphatic carbocycles. The lowest BCUT2D eigenvalue weighted by molar-refractivity contribution is -0.120. The van der Waals surface area contributed by atoms with Crippen molar-refractivity contribution in [3.63, 3.8) is 0 Å². The van der Waals surface area contributed by atoms with Crippen molar-refractivity contribution in [1.82, 2.24) is 9.62 Å². The summed E-state index contributed by atoms with van der Waals surface area (Å²) in [6.07, 6.45) is 2.76. The number of carbonyl (C=O) groups excluding carboxylic acids is 2.